The molecule has 0 atom stereocenters. The van der Waals surface area contributed by atoms with Crippen molar-refractivity contribution in [2.75, 3.05) is 13.1 Å². The smallest absolute Gasteiger partial charge is 0.0937 e. The van der Waals surface area contributed by atoms with Crippen LogP contribution in [0.5, 0.6) is 0 Å². The lowest BCUT2D eigenvalue weighted by molar-refractivity contribution is 0.201. The molecule has 0 aliphatic carbocycles. The minimum absolute atomic E-state index is 0.296. The highest BCUT2D eigenvalue weighted by Crippen LogP contribution is 2.18. The van der Waals surface area contributed by atoms with Gasteiger partial charge in [-0.25, -0.2) is 0 Å². The van der Waals surface area contributed by atoms with Crippen molar-refractivity contribution in [1.29, 1.82) is 5.41 Å². The summed E-state index contributed by atoms with van der Waals surface area (Å²) in [5, 5.41) is 7.43. The predicted octanol–water partition coefficient (Wildman–Crippen LogP) is 1.23. The number of nitrogens with zero attached hydrogens (tertiary/aromatic N) is 2. The van der Waals surface area contributed by atoms with E-state index in [0.29, 0.717) is 11.8 Å². The first-order chi connectivity index (χ1) is 7.75. The Bertz CT molecular complexity index is 341. The Labute approximate surface area is 96.0 Å². The van der Waals surface area contributed by atoms with E-state index >= 15 is 0 Å². The van der Waals surface area contributed by atoms with Crippen LogP contribution in [0.4, 0.5) is 0 Å². The summed E-state index contributed by atoms with van der Waals surface area (Å²) in [6, 6.07) is 4.07. The molecule has 1 aromatic heterocycles. The third-order valence-corrected chi connectivity index (χ3v) is 3.16. The van der Waals surface area contributed by atoms with Crippen LogP contribution < -0.4 is 5.73 Å². The van der Waals surface area contributed by atoms with Crippen LogP contribution in [-0.4, -0.2) is 28.8 Å². The van der Waals surface area contributed by atoms with Crippen molar-refractivity contribution in [3.63, 3.8) is 0 Å². The summed E-state index contributed by atoms with van der Waals surface area (Å²) in [7, 11) is 0. The van der Waals surface area contributed by atoms with Gasteiger partial charge in [-0.05, 0) is 37.6 Å². The van der Waals surface area contributed by atoms with Crippen molar-refractivity contribution < 1.29 is 0 Å². The average molecular weight is 218 g/mol. The third kappa shape index (κ3) is 2.79. The number of nitrogens with two attached hydrogens (primary N) is 1. The molecule has 16 heavy (non-hydrogen) atoms. The molecule has 1 aliphatic heterocycles. The normalized spacial score (nSPS) is 18.5. The molecule has 1 aliphatic rings. The highest BCUT2D eigenvalue weighted by molar-refractivity contribution is 5.79. The van der Waals surface area contributed by atoms with E-state index in [0.717, 1.165) is 32.5 Å². The summed E-state index contributed by atoms with van der Waals surface area (Å²) in [5.74, 6) is 0.645. The van der Waals surface area contributed by atoms with Crippen molar-refractivity contribution >= 4 is 5.84 Å². The van der Waals surface area contributed by atoms with Crippen LogP contribution in [0.3, 0.4) is 0 Å². The quantitative estimate of drug-likeness (QED) is 0.592. The summed E-state index contributed by atoms with van der Waals surface area (Å²) < 4.78 is 0. The van der Waals surface area contributed by atoms with Crippen molar-refractivity contribution in [2.45, 2.75) is 19.4 Å². The van der Waals surface area contributed by atoms with Crippen LogP contribution in [0.15, 0.2) is 24.5 Å². The van der Waals surface area contributed by atoms with E-state index in [1.54, 1.807) is 6.20 Å². The molecule has 0 radical (unpaired) electrons. The van der Waals surface area contributed by atoms with E-state index in [1.807, 2.05) is 12.3 Å². The Morgan fingerprint density at radius 2 is 2.25 bits per heavy atom. The Morgan fingerprint density at radius 1 is 1.50 bits per heavy atom. The second-order valence-electron chi connectivity index (χ2n) is 4.37. The van der Waals surface area contributed by atoms with Gasteiger partial charge in [-0.1, -0.05) is 6.07 Å². The second-order valence-corrected chi connectivity index (χ2v) is 4.37. The van der Waals surface area contributed by atoms with E-state index in [-0.39, 0.29) is 0 Å². The molecule has 0 bridgehead atoms. The fourth-order valence-electron chi connectivity index (χ4n) is 2.15. The van der Waals surface area contributed by atoms with Crippen molar-refractivity contribution in [1.82, 2.24) is 9.88 Å². The van der Waals surface area contributed by atoms with E-state index in [2.05, 4.69) is 16.0 Å². The van der Waals surface area contributed by atoms with E-state index in [9.17, 15) is 0 Å². The van der Waals surface area contributed by atoms with Crippen LogP contribution in [0.2, 0.25) is 0 Å². The Balaban J connectivity index is 1.84. The number of rotatable bonds is 3. The molecule has 1 fully saturated rings. The first-order valence-corrected chi connectivity index (χ1v) is 5.71. The lowest BCUT2D eigenvalue weighted by atomic mass is 9.95. The number of pyridine rings is 1. The number of likely N-dealkylation sites (tertiary alicyclic amines) is 1. The summed E-state index contributed by atoms with van der Waals surface area (Å²) in [6.07, 6.45) is 5.73. The summed E-state index contributed by atoms with van der Waals surface area (Å²) in [4.78, 5) is 6.51. The minimum Gasteiger partial charge on any atom is -0.387 e. The predicted molar refractivity (Wildman–Crippen MR) is 64.2 cm³/mol. The molecule has 1 saturated heterocycles. The number of hydrogen-bond acceptors (Lipinski definition) is 3. The lowest BCUT2D eigenvalue weighted by Gasteiger charge is -2.31. The number of amidine groups is 1. The molecular weight excluding hydrogens is 200 g/mol. The zero-order chi connectivity index (χ0) is 11.4. The van der Waals surface area contributed by atoms with Gasteiger partial charge in [0.05, 0.1) is 5.84 Å². The third-order valence-electron chi connectivity index (χ3n) is 3.16. The standard InChI is InChI=1S/C12H18N4/c13-12(14)11-3-6-16(7-4-11)9-10-2-1-5-15-8-10/h1-2,5,8,11H,3-4,6-7,9H2,(H3,13,14). The largest absolute Gasteiger partial charge is 0.387 e. The molecule has 0 saturated carbocycles. The monoisotopic (exact) mass is 218 g/mol. The molecule has 2 heterocycles. The van der Waals surface area contributed by atoms with E-state index in [1.165, 1.54) is 5.56 Å². The molecule has 0 unspecified atom stereocenters. The van der Waals surface area contributed by atoms with E-state index in [4.69, 9.17) is 11.1 Å². The van der Waals surface area contributed by atoms with Gasteiger partial charge < -0.3 is 5.73 Å². The zero-order valence-corrected chi connectivity index (χ0v) is 9.39. The van der Waals surface area contributed by atoms with Crippen molar-refractivity contribution in [3.05, 3.63) is 30.1 Å². The SMILES string of the molecule is N=C(N)C1CCN(Cc2cccnc2)CC1. The van der Waals surface area contributed by atoms with Gasteiger partial charge in [-0.3, -0.25) is 15.3 Å². The van der Waals surface area contributed by atoms with Gasteiger partial charge in [0.2, 0.25) is 0 Å². The van der Waals surface area contributed by atoms with Gasteiger partial charge in [0.15, 0.2) is 0 Å². The second kappa shape index (κ2) is 5.07. The van der Waals surface area contributed by atoms with Gasteiger partial charge >= 0.3 is 0 Å². The van der Waals surface area contributed by atoms with Crippen LogP contribution in [0, 0.1) is 11.3 Å². The summed E-state index contributed by atoms with van der Waals surface area (Å²) >= 11 is 0. The molecule has 0 aromatic carbocycles. The lowest BCUT2D eigenvalue weighted by Crippen LogP contribution is -2.37. The first-order valence-electron chi connectivity index (χ1n) is 5.71. The van der Waals surface area contributed by atoms with Crippen LogP contribution >= 0.6 is 0 Å². The zero-order valence-electron chi connectivity index (χ0n) is 9.39. The van der Waals surface area contributed by atoms with Crippen LogP contribution in [-0.2, 0) is 6.54 Å². The Hall–Kier alpha value is -1.42. The Kier molecular flexibility index (Phi) is 3.51. The van der Waals surface area contributed by atoms with Crippen LogP contribution in [0.1, 0.15) is 18.4 Å². The fourth-order valence-corrected chi connectivity index (χ4v) is 2.15. The molecule has 86 valence electrons. The maximum absolute atomic E-state index is 7.43. The Morgan fingerprint density at radius 3 is 2.81 bits per heavy atom. The van der Waals surface area contributed by atoms with Gasteiger partial charge in [0, 0.05) is 24.9 Å². The van der Waals surface area contributed by atoms with Gasteiger partial charge in [-0.15, -0.1) is 0 Å². The molecular formula is C12H18N4. The summed E-state index contributed by atoms with van der Waals surface area (Å²) in [5.41, 5.74) is 6.77. The van der Waals surface area contributed by atoms with Gasteiger partial charge in [-0.2, -0.15) is 0 Å². The molecule has 4 nitrogen and oxygen atoms in total. The molecule has 3 N–H and O–H groups in total. The highest BCUT2D eigenvalue weighted by Gasteiger charge is 2.20. The van der Waals surface area contributed by atoms with Crippen molar-refractivity contribution in [3.8, 4) is 0 Å². The molecule has 4 heteroatoms. The van der Waals surface area contributed by atoms with Crippen LogP contribution in [0.25, 0.3) is 0 Å². The topological polar surface area (TPSA) is 66.0 Å². The van der Waals surface area contributed by atoms with Gasteiger partial charge in [0.1, 0.15) is 0 Å². The number of aromatic nitrogens is 1. The van der Waals surface area contributed by atoms with E-state index < -0.39 is 0 Å². The van der Waals surface area contributed by atoms with Crippen molar-refractivity contribution in [2.24, 2.45) is 11.7 Å². The fraction of sp³-hybridized carbons (Fsp3) is 0.500. The first kappa shape index (κ1) is 11.1. The number of nitrogens with one attached hydrogen (secondary N) is 1. The molecule has 0 amide bonds. The average Bonchev–Trinajstić information content (AvgIpc) is 2.31. The maximum atomic E-state index is 7.43. The molecule has 1 aromatic rings. The summed E-state index contributed by atoms with van der Waals surface area (Å²) in [6.45, 7) is 3.01. The molecule has 0 spiro atoms. The maximum Gasteiger partial charge on any atom is 0.0937 e. The minimum atomic E-state index is 0.296. The van der Waals surface area contributed by atoms with Gasteiger partial charge in [0.25, 0.3) is 0 Å². The number of hydrogen-bond donors (Lipinski definition) is 2. The highest BCUT2D eigenvalue weighted by atomic mass is 15.1. The number of piperidine rings is 1. The molecule has 2 rings (SSSR count).